The van der Waals surface area contributed by atoms with Gasteiger partial charge in [0.1, 0.15) is 13.4 Å². The second-order valence-corrected chi connectivity index (χ2v) is 2.37. The van der Waals surface area contributed by atoms with Gasteiger partial charge in [0, 0.05) is 38.9 Å². The van der Waals surface area contributed by atoms with E-state index in [1.54, 1.807) is 0 Å². The second-order valence-electron chi connectivity index (χ2n) is 2.37. The van der Waals surface area contributed by atoms with E-state index in [4.69, 9.17) is 0 Å². The third-order valence-corrected chi connectivity index (χ3v) is 1.51. The normalized spacial score (nSPS) is 10.2. The van der Waals surface area contributed by atoms with E-state index >= 15 is 0 Å². The number of ether oxygens (including phenoxy) is 1. The summed E-state index contributed by atoms with van der Waals surface area (Å²) in [5, 5.41) is 12.8. The number of hydrogen-bond acceptors (Lipinski definition) is 7. The number of aromatic hydroxyl groups is 1. The fourth-order valence-electron chi connectivity index (χ4n) is 0.875. The molecular weight excluding hydrogens is 291 g/mol. The number of esters is 1. The zero-order chi connectivity index (χ0) is 11.3. The molecule has 0 saturated carbocycles. The molecule has 83 valence electrons. The molecule has 0 aliphatic carbocycles. The van der Waals surface area contributed by atoms with Crippen LogP contribution in [-0.2, 0) is 47.1 Å². The van der Waals surface area contributed by atoms with Crippen molar-refractivity contribution in [2.45, 2.75) is 0 Å². The predicted octanol–water partition coefficient (Wildman–Crippen LogP) is -0.297. The molecule has 0 atom stereocenters. The van der Waals surface area contributed by atoms with Gasteiger partial charge in [-0.05, 0) is 0 Å². The maximum atomic E-state index is 11.3. The van der Waals surface area contributed by atoms with Crippen LogP contribution >= 0.6 is 0 Å². The van der Waals surface area contributed by atoms with Crippen LogP contribution in [0.5, 0.6) is 5.88 Å². The number of aromatic nitrogens is 2. The van der Waals surface area contributed by atoms with Gasteiger partial charge in [-0.15, -0.1) is 0 Å². The van der Waals surface area contributed by atoms with Gasteiger partial charge in [0.05, 0.1) is 12.7 Å². The minimum Gasteiger partial charge on any atom is -0.493 e. The molecule has 16 heavy (non-hydrogen) atoms. The molecule has 0 fully saturated rings. The SMILES string of the molecule is CO/N=C(/C(=O)OC)c1cncnc1O.[Y]. The molecule has 0 aliphatic rings. The van der Waals surface area contributed by atoms with Crippen LogP contribution in [0, 0.1) is 0 Å². The first-order valence-corrected chi connectivity index (χ1v) is 3.89. The molecule has 1 aromatic heterocycles. The van der Waals surface area contributed by atoms with Crippen LogP contribution in [0.3, 0.4) is 0 Å². The molecule has 1 aromatic rings. The van der Waals surface area contributed by atoms with Gasteiger partial charge >= 0.3 is 5.97 Å². The molecule has 1 N–H and O–H groups in total. The largest absolute Gasteiger partial charge is 0.493 e. The predicted molar refractivity (Wildman–Crippen MR) is 49.3 cm³/mol. The first-order valence-electron chi connectivity index (χ1n) is 3.89. The molecule has 0 aliphatic heterocycles. The monoisotopic (exact) mass is 300 g/mol. The van der Waals surface area contributed by atoms with Gasteiger partial charge in [-0.3, -0.25) is 0 Å². The van der Waals surface area contributed by atoms with Crippen molar-refractivity contribution in [3.63, 3.8) is 0 Å². The van der Waals surface area contributed by atoms with Crippen LogP contribution in [0.25, 0.3) is 0 Å². The number of rotatable bonds is 3. The zero-order valence-electron chi connectivity index (χ0n) is 8.75. The van der Waals surface area contributed by atoms with Crippen molar-refractivity contribution in [2.24, 2.45) is 5.16 Å². The topological polar surface area (TPSA) is 93.9 Å². The van der Waals surface area contributed by atoms with Gasteiger partial charge in [-0.2, -0.15) is 0 Å². The first kappa shape index (κ1) is 14.9. The Morgan fingerprint density at radius 1 is 1.50 bits per heavy atom. The van der Waals surface area contributed by atoms with Gasteiger partial charge in [0.2, 0.25) is 11.6 Å². The standard InChI is InChI=1S/C8H9N3O4.Y/c1-14-8(13)6(11-15-2)5-3-9-4-10-7(5)12;/h3-4H,1-2H3,(H,9,10,12);/b11-6+;. The van der Waals surface area contributed by atoms with Crippen molar-refractivity contribution in [2.75, 3.05) is 14.2 Å². The van der Waals surface area contributed by atoms with Crippen molar-refractivity contribution in [3.05, 3.63) is 18.1 Å². The molecule has 0 spiro atoms. The fraction of sp³-hybridized carbons (Fsp3) is 0.250. The van der Waals surface area contributed by atoms with Crippen LogP contribution in [0.4, 0.5) is 0 Å². The Labute approximate surface area is 117 Å². The molecule has 7 nitrogen and oxygen atoms in total. The Morgan fingerprint density at radius 2 is 2.19 bits per heavy atom. The Hall–Kier alpha value is -1.08. The molecule has 0 bridgehead atoms. The van der Waals surface area contributed by atoms with E-state index in [2.05, 4.69) is 24.7 Å². The third-order valence-electron chi connectivity index (χ3n) is 1.51. The van der Waals surface area contributed by atoms with Gasteiger partial charge < -0.3 is 14.7 Å². The van der Waals surface area contributed by atoms with E-state index in [1.165, 1.54) is 20.4 Å². The summed E-state index contributed by atoms with van der Waals surface area (Å²) < 4.78 is 4.46. The number of nitrogens with zero attached hydrogens (tertiary/aromatic N) is 3. The van der Waals surface area contributed by atoms with Crippen molar-refractivity contribution in [1.82, 2.24) is 9.97 Å². The van der Waals surface area contributed by atoms with Crippen LogP contribution < -0.4 is 0 Å². The van der Waals surface area contributed by atoms with E-state index in [0.29, 0.717) is 0 Å². The quantitative estimate of drug-likeness (QED) is 0.468. The zero-order valence-corrected chi connectivity index (χ0v) is 11.6. The molecule has 0 amide bonds. The molecular formula is C8H9N3O4Y. The summed E-state index contributed by atoms with van der Waals surface area (Å²) in [4.78, 5) is 22.9. The summed E-state index contributed by atoms with van der Waals surface area (Å²) in [6, 6.07) is 0. The number of oxime groups is 1. The summed E-state index contributed by atoms with van der Waals surface area (Å²) in [5.41, 5.74) is -0.149. The number of methoxy groups -OCH3 is 1. The van der Waals surface area contributed by atoms with Gasteiger partial charge in [-0.25, -0.2) is 14.8 Å². The molecule has 1 rings (SSSR count). The Balaban J connectivity index is 0.00000225. The van der Waals surface area contributed by atoms with Crippen LogP contribution in [0.1, 0.15) is 5.56 Å². The molecule has 0 saturated heterocycles. The molecule has 1 heterocycles. The number of hydrogen-bond donors (Lipinski definition) is 1. The van der Waals surface area contributed by atoms with Crippen LogP contribution in [-0.4, -0.2) is 41.0 Å². The Bertz CT molecular complexity index is 397. The van der Waals surface area contributed by atoms with Crippen molar-refractivity contribution >= 4 is 11.7 Å². The molecule has 0 unspecified atom stereocenters. The van der Waals surface area contributed by atoms with E-state index in [1.807, 2.05) is 0 Å². The molecule has 1 radical (unpaired) electrons. The van der Waals surface area contributed by atoms with Gasteiger partial charge in [0.25, 0.3) is 0 Å². The van der Waals surface area contributed by atoms with E-state index in [-0.39, 0.29) is 49.9 Å². The Kier molecular flexibility index (Phi) is 6.75. The maximum Gasteiger partial charge on any atom is 0.361 e. The average Bonchev–Trinajstić information content (AvgIpc) is 2.26. The van der Waals surface area contributed by atoms with Crippen LogP contribution in [0.2, 0.25) is 0 Å². The minimum atomic E-state index is -0.748. The summed E-state index contributed by atoms with van der Waals surface area (Å²) in [6.45, 7) is 0. The molecule has 0 aromatic carbocycles. The van der Waals surface area contributed by atoms with Crippen LogP contribution in [0.15, 0.2) is 17.7 Å². The fourth-order valence-corrected chi connectivity index (χ4v) is 0.875. The number of carbonyl (C=O) groups is 1. The second kappa shape index (κ2) is 7.24. The summed E-state index contributed by atoms with van der Waals surface area (Å²) in [5.74, 6) is -1.12. The third kappa shape index (κ3) is 3.50. The van der Waals surface area contributed by atoms with E-state index < -0.39 is 5.97 Å². The summed E-state index contributed by atoms with van der Waals surface area (Å²) in [7, 11) is 2.46. The maximum absolute atomic E-state index is 11.3. The van der Waals surface area contributed by atoms with Gasteiger partial charge in [0.15, 0.2) is 0 Å². The number of carbonyl (C=O) groups excluding carboxylic acids is 1. The van der Waals surface area contributed by atoms with E-state index in [0.717, 1.165) is 6.33 Å². The van der Waals surface area contributed by atoms with E-state index in [9.17, 15) is 9.90 Å². The average molecular weight is 300 g/mol. The Morgan fingerprint density at radius 3 is 2.69 bits per heavy atom. The molecule has 8 heteroatoms. The van der Waals surface area contributed by atoms with Crippen molar-refractivity contribution in [1.29, 1.82) is 0 Å². The first-order chi connectivity index (χ1) is 7.20. The minimum absolute atomic E-state index is 0. The summed E-state index contributed by atoms with van der Waals surface area (Å²) in [6.07, 6.45) is 2.37. The summed E-state index contributed by atoms with van der Waals surface area (Å²) >= 11 is 0. The smallest absolute Gasteiger partial charge is 0.361 e. The van der Waals surface area contributed by atoms with Crippen molar-refractivity contribution in [3.8, 4) is 5.88 Å². The van der Waals surface area contributed by atoms with Crippen molar-refractivity contribution < 1.29 is 52.2 Å². The van der Waals surface area contributed by atoms with Gasteiger partial charge in [-0.1, -0.05) is 5.16 Å².